The number of hydrogen-bond donors (Lipinski definition) is 0. The Labute approximate surface area is 156 Å². The predicted octanol–water partition coefficient (Wildman–Crippen LogP) is 1.57. The molecule has 1 heterocycles. The minimum atomic E-state index is 0.569. The zero-order valence-corrected chi connectivity index (χ0v) is 15.4. The third kappa shape index (κ3) is 8.65. The van der Waals surface area contributed by atoms with E-state index in [4.69, 9.17) is 30.1 Å². The fraction of sp³-hybridized carbons (Fsp3) is 0.600. The summed E-state index contributed by atoms with van der Waals surface area (Å²) in [6, 6.07) is 7.97. The maximum Gasteiger partial charge on any atom is 0.0701 e. The van der Waals surface area contributed by atoms with Gasteiger partial charge in [0.1, 0.15) is 0 Å². The standard InChI is InChI=1S/C20H29NO5/c1-2-19-3-5-20(6-4-19)21-7-9-22-11-13-24-15-17-26-18-16-25-14-12-23-10-8-21/h1,3-6H,7-18H2. The van der Waals surface area contributed by atoms with Crippen molar-refractivity contribution in [1.29, 1.82) is 0 Å². The van der Waals surface area contributed by atoms with Crippen LogP contribution in [0.3, 0.4) is 0 Å². The summed E-state index contributed by atoms with van der Waals surface area (Å²) in [5.41, 5.74) is 1.98. The first-order valence-electron chi connectivity index (χ1n) is 9.10. The second-order valence-corrected chi connectivity index (χ2v) is 5.74. The zero-order valence-electron chi connectivity index (χ0n) is 15.4. The Morgan fingerprint density at radius 1 is 0.615 bits per heavy atom. The highest BCUT2D eigenvalue weighted by Crippen LogP contribution is 2.14. The first-order valence-corrected chi connectivity index (χ1v) is 9.10. The second-order valence-electron chi connectivity index (χ2n) is 5.74. The van der Waals surface area contributed by atoms with Gasteiger partial charge >= 0.3 is 0 Å². The van der Waals surface area contributed by atoms with E-state index in [2.05, 4.69) is 10.8 Å². The van der Waals surface area contributed by atoms with Gasteiger partial charge in [-0.25, -0.2) is 0 Å². The van der Waals surface area contributed by atoms with Crippen LogP contribution in [0.4, 0.5) is 5.69 Å². The molecule has 1 fully saturated rings. The van der Waals surface area contributed by atoms with Gasteiger partial charge in [0.15, 0.2) is 0 Å². The van der Waals surface area contributed by atoms with Crippen LogP contribution in [0.25, 0.3) is 0 Å². The Hall–Kier alpha value is -1.62. The molecular formula is C20H29NO5. The van der Waals surface area contributed by atoms with Gasteiger partial charge in [-0.15, -0.1) is 6.42 Å². The SMILES string of the molecule is C#Cc1ccc(N2CCOCCOCCOCCOCCOCC2)cc1. The van der Waals surface area contributed by atoms with Gasteiger partial charge in [0.05, 0.1) is 66.1 Å². The number of rotatable bonds is 1. The van der Waals surface area contributed by atoms with E-state index in [-0.39, 0.29) is 0 Å². The highest BCUT2D eigenvalue weighted by Gasteiger charge is 2.07. The lowest BCUT2D eigenvalue weighted by atomic mass is 10.2. The van der Waals surface area contributed by atoms with Gasteiger partial charge in [0.25, 0.3) is 0 Å². The highest BCUT2D eigenvalue weighted by atomic mass is 16.6. The molecular weight excluding hydrogens is 334 g/mol. The Bertz CT molecular complexity index is 496. The van der Waals surface area contributed by atoms with Crippen LogP contribution in [-0.4, -0.2) is 79.2 Å². The van der Waals surface area contributed by atoms with Crippen LogP contribution in [-0.2, 0) is 23.7 Å². The van der Waals surface area contributed by atoms with Crippen LogP contribution in [0.5, 0.6) is 0 Å². The van der Waals surface area contributed by atoms with Crippen LogP contribution in [0, 0.1) is 12.3 Å². The molecule has 0 amide bonds. The van der Waals surface area contributed by atoms with Crippen molar-refractivity contribution in [1.82, 2.24) is 0 Å². The molecule has 6 nitrogen and oxygen atoms in total. The predicted molar refractivity (Wildman–Crippen MR) is 101 cm³/mol. The number of terminal acetylenes is 1. The van der Waals surface area contributed by atoms with Gasteiger partial charge in [0.2, 0.25) is 0 Å². The lowest BCUT2D eigenvalue weighted by Gasteiger charge is -2.25. The molecule has 0 aromatic heterocycles. The number of nitrogens with zero attached hydrogens (tertiary/aromatic N) is 1. The average molecular weight is 363 g/mol. The minimum absolute atomic E-state index is 0.569. The molecule has 1 aromatic rings. The Balaban J connectivity index is 1.83. The van der Waals surface area contributed by atoms with Crippen molar-refractivity contribution >= 4 is 5.69 Å². The van der Waals surface area contributed by atoms with Gasteiger partial charge in [-0.3, -0.25) is 0 Å². The molecule has 26 heavy (non-hydrogen) atoms. The van der Waals surface area contributed by atoms with Gasteiger partial charge in [-0.2, -0.15) is 0 Å². The topological polar surface area (TPSA) is 49.4 Å². The van der Waals surface area contributed by atoms with E-state index in [1.54, 1.807) is 0 Å². The normalized spacial score (nSPS) is 19.9. The van der Waals surface area contributed by atoms with Crippen molar-refractivity contribution in [2.24, 2.45) is 0 Å². The molecule has 6 heteroatoms. The number of hydrogen-bond acceptors (Lipinski definition) is 6. The van der Waals surface area contributed by atoms with Crippen LogP contribution in [0.2, 0.25) is 0 Å². The molecule has 1 saturated heterocycles. The first kappa shape index (κ1) is 20.7. The summed E-state index contributed by atoms with van der Waals surface area (Å²) < 4.78 is 27.7. The van der Waals surface area contributed by atoms with Crippen molar-refractivity contribution in [2.75, 3.05) is 84.1 Å². The lowest BCUT2D eigenvalue weighted by Crippen LogP contribution is -2.31. The summed E-state index contributed by atoms with van der Waals surface area (Å²) in [6.45, 7) is 7.37. The largest absolute Gasteiger partial charge is 0.377 e. The van der Waals surface area contributed by atoms with Gasteiger partial charge < -0.3 is 28.6 Å². The third-order valence-corrected chi connectivity index (χ3v) is 3.90. The molecule has 0 saturated carbocycles. The summed E-state index contributed by atoms with van der Waals surface area (Å²) >= 11 is 0. The average Bonchev–Trinajstić information content (AvgIpc) is 2.68. The van der Waals surface area contributed by atoms with E-state index in [1.807, 2.05) is 24.3 Å². The molecule has 0 N–H and O–H groups in total. The zero-order chi connectivity index (χ0) is 18.3. The van der Waals surface area contributed by atoms with E-state index in [0.717, 1.165) is 24.3 Å². The van der Waals surface area contributed by atoms with E-state index in [1.165, 1.54) is 0 Å². The van der Waals surface area contributed by atoms with Crippen LogP contribution in [0.1, 0.15) is 5.56 Å². The summed E-state index contributed by atoms with van der Waals surface area (Å²) in [5, 5.41) is 0. The van der Waals surface area contributed by atoms with Crippen molar-refractivity contribution < 1.29 is 23.7 Å². The van der Waals surface area contributed by atoms with Crippen LogP contribution >= 0.6 is 0 Å². The molecule has 144 valence electrons. The Morgan fingerprint density at radius 2 is 1.00 bits per heavy atom. The van der Waals surface area contributed by atoms with E-state index < -0.39 is 0 Å². The number of anilines is 1. The Kier molecular flexibility index (Phi) is 10.8. The van der Waals surface area contributed by atoms with E-state index in [9.17, 15) is 0 Å². The summed E-state index contributed by atoms with van der Waals surface area (Å²) in [6.07, 6.45) is 5.43. The molecule has 0 unspecified atom stereocenters. The lowest BCUT2D eigenvalue weighted by molar-refractivity contribution is -0.0116. The molecule has 1 aliphatic heterocycles. The molecule has 0 bridgehead atoms. The number of ether oxygens (including phenoxy) is 5. The molecule has 1 aliphatic rings. The smallest absolute Gasteiger partial charge is 0.0701 e. The number of benzene rings is 1. The van der Waals surface area contributed by atoms with Gasteiger partial charge in [-0.1, -0.05) is 5.92 Å². The fourth-order valence-corrected chi connectivity index (χ4v) is 2.47. The fourth-order valence-electron chi connectivity index (χ4n) is 2.47. The molecule has 1 aromatic carbocycles. The van der Waals surface area contributed by atoms with Crippen LogP contribution < -0.4 is 4.90 Å². The van der Waals surface area contributed by atoms with Gasteiger partial charge in [-0.05, 0) is 24.3 Å². The first-order chi connectivity index (χ1) is 12.9. The van der Waals surface area contributed by atoms with Crippen LogP contribution in [0.15, 0.2) is 24.3 Å². The second kappa shape index (κ2) is 13.6. The van der Waals surface area contributed by atoms with Crippen molar-refractivity contribution in [3.8, 4) is 12.3 Å². The summed E-state index contributed by atoms with van der Waals surface area (Å²) in [5.74, 6) is 2.64. The maximum atomic E-state index is 5.68. The Morgan fingerprint density at radius 3 is 1.38 bits per heavy atom. The van der Waals surface area contributed by atoms with E-state index in [0.29, 0.717) is 66.1 Å². The van der Waals surface area contributed by atoms with Gasteiger partial charge in [0, 0.05) is 24.3 Å². The van der Waals surface area contributed by atoms with E-state index >= 15 is 0 Å². The summed E-state index contributed by atoms with van der Waals surface area (Å²) in [4.78, 5) is 2.24. The molecule has 0 spiro atoms. The third-order valence-electron chi connectivity index (χ3n) is 3.90. The summed E-state index contributed by atoms with van der Waals surface area (Å²) in [7, 11) is 0. The highest BCUT2D eigenvalue weighted by molar-refractivity contribution is 5.50. The quantitative estimate of drug-likeness (QED) is 0.706. The maximum absolute atomic E-state index is 5.68. The monoisotopic (exact) mass is 363 g/mol. The van der Waals surface area contributed by atoms with Crippen molar-refractivity contribution in [2.45, 2.75) is 0 Å². The molecule has 2 rings (SSSR count). The molecule has 0 radical (unpaired) electrons. The molecule has 0 atom stereocenters. The van der Waals surface area contributed by atoms with Crippen molar-refractivity contribution in [3.05, 3.63) is 29.8 Å². The molecule has 0 aliphatic carbocycles. The van der Waals surface area contributed by atoms with Crippen molar-refractivity contribution in [3.63, 3.8) is 0 Å². The minimum Gasteiger partial charge on any atom is -0.377 e.